The van der Waals surface area contributed by atoms with Gasteiger partial charge in [0, 0.05) is 24.9 Å². The molecule has 1 atom stereocenters. The minimum atomic E-state index is -0.0435. The minimum absolute atomic E-state index is 0.0298. The number of carbonyl (C=O) groups is 1. The summed E-state index contributed by atoms with van der Waals surface area (Å²) >= 11 is 0. The molecule has 1 aromatic carbocycles. The van der Waals surface area contributed by atoms with Gasteiger partial charge in [-0.25, -0.2) is 0 Å². The van der Waals surface area contributed by atoms with Crippen molar-refractivity contribution in [3.05, 3.63) is 29.3 Å². The van der Waals surface area contributed by atoms with Crippen LogP contribution in [0.4, 0.5) is 5.69 Å². The van der Waals surface area contributed by atoms with Crippen molar-refractivity contribution in [3.8, 4) is 0 Å². The zero-order chi connectivity index (χ0) is 13.8. The molecule has 0 saturated heterocycles. The van der Waals surface area contributed by atoms with E-state index in [1.807, 2.05) is 30.1 Å². The Balaban J connectivity index is 2.03. The van der Waals surface area contributed by atoms with Gasteiger partial charge < -0.3 is 15.5 Å². The highest BCUT2D eigenvalue weighted by Gasteiger charge is 2.19. The largest absolute Gasteiger partial charge is 0.396 e. The van der Waals surface area contributed by atoms with Gasteiger partial charge in [0.1, 0.15) is 0 Å². The molecule has 2 rings (SSSR count). The molecule has 1 heterocycles. The lowest BCUT2D eigenvalue weighted by atomic mass is 10.1. The number of rotatable bonds is 6. The maximum absolute atomic E-state index is 11.3. The van der Waals surface area contributed by atoms with Crippen LogP contribution in [-0.2, 0) is 17.8 Å². The van der Waals surface area contributed by atoms with Crippen LogP contribution in [-0.4, -0.2) is 47.3 Å². The maximum Gasteiger partial charge on any atom is 0.228 e. The summed E-state index contributed by atoms with van der Waals surface area (Å²) < 4.78 is 0. The Bertz CT molecular complexity index is 462. The molecule has 5 nitrogen and oxygen atoms in total. The number of hydrogen-bond donors (Lipinski definition) is 3. The monoisotopic (exact) mass is 264 g/mol. The SMILES string of the molecule is CN(Cc1ccc2c(c1)CC(=O)N2)C(CO)CCO. The van der Waals surface area contributed by atoms with E-state index in [4.69, 9.17) is 5.11 Å². The van der Waals surface area contributed by atoms with E-state index in [-0.39, 0.29) is 25.2 Å². The van der Waals surface area contributed by atoms with E-state index in [2.05, 4.69) is 5.32 Å². The molecule has 1 aromatic rings. The summed E-state index contributed by atoms with van der Waals surface area (Å²) in [5, 5.41) is 21.0. The standard InChI is InChI=1S/C14H20N2O3/c1-16(12(9-18)4-5-17)8-10-2-3-13-11(6-10)7-14(19)15-13/h2-3,6,12,17-18H,4-5,7-9H2,1H3,(H,15,19). The first-order chi connectivity index (χ1) is 9.13. The number of amides is 1. The fourth-order valence-electron chi connectivity index (χ4n) is 2.40. The van der Waals surface area contributed by atoms with Gasteiger partial charge in [-0.15, -0.1) is 0 Å². The Labute approximate surface area is 112 Å². The summed E-state index contributed by atoms with van der Waals surface area (Å²) in [7, 11) is 1.92. The first-order valence-electron chi connectivity index (χ1n) is 6.47. The van der Waals surface area contributed by atoms with Gasteiger partial charge in [0.25, 0.3) is 0 Å². The van der Waals surface area contributed by atoms with Crippen LogP contribution in [0.2, 0.25) is 0 Å². The quantitative estimate of drug-likeness (QED) is 0.693. The predicted octanol–water partition coefficient (Wildman–Crippen LogP) is 0.356. The van der Waals surface area contributed by atoms with Crippen molar-refractivity contribution < 1.29 is 15.0 Å². The number of carbonyl (C=O) groups excluding carboxylic acids is 1. The number of benzene rings is 1. The average Bonchev–Trinajstić information content (AvgIpc) is 2.75. The van der Waals surface area contributed by atoms with Crippen LogP contribution < -0.4 is 5.32 Å². The molecule has 1 amide bonds. The van der Waals surface area contributed by atoms with Crippen molar-refractivity contribution >= 4 is 11.6 Å². The summed E-state index contributed by atoms with van der Waals surface area (Å²) in [5.74, 6) is 0.0361. The third-order valence-electron chi connectivity index (χ3n) is 3.52. The van der Waals surface area contributed by atoms with Gasteiger partial charge in [-0.3, -0.25) is 9.69 Å². The molecular weight excluding hydrogens is 244 g/mol. The van der Waals surface area contributed by atoms with Gasteiger partial charge in [0.2, 0.25) is 5.91 Å². The Morgan fingerprint density at radius 1 is 1.42 bits per heavy atom. The molecule has 1 aliphatic heterocycles. The van der Waals surface area contributed by atoms with Crippen molar-refractivity contribution in [2.45, 2.75) is 25.4 Å². The molecule has 5 heteroatoms. The summed E-state index contributed by atoms with van der Waals surface area (Å²) in [6.07, 6.45) is 0.991. The number of nitrogens with zero attached hydrogens (tertiary/aromatic N) is 1. The lowest BCUT2D eigenvalue weighted by Gasteiger charge is -2.26. The van der Waals surface area contributed by atoms with Gasteiger partial charge in [-0.05, 0) is 30.7 Å². The van der Waals surface area contributed by atoms with Gasteiger partial charge in [-0.1, -0.05) is 12.1 Å². The van der Waals surface area contributed by atoms with E-state index < -0.39 is 0 Å². The molecule has 0 aliphatic carbocycles. The highest BCUT2D eigenvalue weighted by Crippen LogP contribution is 2.24. The van der Waals surface area contributed by atoms with Crippen molar-refractivity contribution in [1.82, 2.24) is 4.90 Å². The van der Waals surface area contributed by atoms with Crippen molar-refractivity contribution in [3.63, 3.8) is 0 Å². The molecule has 1 aliphatic rings. The van der Waals surface area contributed by atoms with E-state index in [1.165, 1.54) is 0 Å². The molecule has 0 spiro atoms. The van der Waals surface area contributed by atoms with Crippen LogP contribution in [0.25, 0.3) is 0 Å². The number of hydrogen-bond acceptors (Lipinski definition) is 4. The van der Waals surface area contributed by atoms with Gasteiger partial charge in [-0.2, -0.15) is 0 Å². The van der Waals surface area contributed by atoms with Crippen LogP contribution in [0.15, 0.2) is 18.2 Å². The van der Waals surface area contributed by atoms with Crippen molar-refractivity contribution in [2.24, 2.45) is 0 Å². The number of likely N-dealkylation sites (N-methyl/N-ethyl adjacent to an activating group) is 1. The van der Waals surface area contributed by atoms with Crippen molar-refractivity contribution in [2.75, 3.05) is 25.6 Å². The third-order valence-corrected chi connectivity index (χ3v) is 3.52. The fourth-order valence-corrected chi connectivity index (χ4v) is 2.40. The highest BCUT2D eigenvalue weighted by molar-refractivity contribution is 5.99. The average molecular weight is 264 g/mol. The number of nitrogens with one attached hydrogen (secondary N) is 1. The second kappa shape index (κ2) is 6.14. The van der Waals surface area contributed by atoms with E-state index >= 15 is 0 Å². The topological polar surface area (TPSA) is 72.8 Å². The highest BCUT2D eigenvalue weighted by atomic mass is 16.3. The molecule has 0 bridgehead atoms. The van der Waals surface area contributed by atoms with Crippen LogP contribution in [0, 0.1) is 0 Å². The maximum atomic E-state index is 11.3. The summed E-state index contributed by atoms with van der Waals surface area (Å²) in [5.41, 5.74) is 3.03. The van der Waals surface area contributed by atoms with Gasteiger partial charge in [0.05, 0.1) is 13.0 Å². The van der Waals surface area contributed by atoms with Crippen LogP contribution in [0.1, 0.15) is 17.5 Å². The van der Waals surface area contributed by atoms with E-state index in [0.29, 0.717) is 19.4 Å². The second-order valence-corrected chi connectivity index (χ2v) is 4.98. The first kappa shape index (κ1) is 14.0. The molecule has 0 fully saturated rings. The van der Waals surface area contributed by atoms with Crippen LogP contribution in [0.3, 0.4) is 0 Å². The van der Waals surface area contributed by atoms with Crippen LogP contribution >= 0.6 is 0 Å². The zero-order valence-electron chi connectivity index (χ0n) is 11.1. The third kappa shape index (κ3) is 3.32. The van der Waals surface area contributed by atoms with E-state index in [0.717, 1.165) is 16.8 Å². The fraction of sp³-hybridized carbons (Fsp3) is 0.500. The molecule has 3 N–H and O–H groups in total. The summed E-state index contributed by atoms with van der Waals surface area (Å²) in [6.45, 7) is 0.785. The summed E-state index contributed by atoms with van der Waals surface area (Å²) in [6, 6.07) is 5.88. The van der Waals surface area contributed by atoms with Gasteiger partial charge in [0.15, 0.2) is 0 Å². The van der Waals surface area contributed by atoms with Crippen LogP contribution in [0.5, 0.6) is 0 Å². The molecule has 0 aromatic heterocycles. The number of anilines is 1. The predicted molar refractivity (Wildman–Crippen MR) is 72.8 cm³/mol. The van der Waals surface area contributed by atoms with E-state index in [9.17, 15) is 9.90 Å². The second-order valence-electron chi connectivity index (χ2n) is 4.98. The number of aliphatic hydroxyl groups excluding tert-OH is 2. The number of fused-ring (bicyclic) bond motifs is 1. The Hall–Kier alpha value is -1.43. The molecule has 104 valence electrons. The molecule has 0 radical (unpaired) electrons. The Morgan fingerprint density at radius 3 is 2.89 bits per heavy atom. The zero-order valence-corrected chi connectivity index (χ0v) is 11.1. The number of aliphatic hydroxyl groups is 2. The smallest absolute Gasteiger partial charge is 0.228 e. The molecule has 19 heavy (non-hydrogen) atoms. The molecular formula is C14H20N2O3. The van der Waals surface area contributed by atoms with E-state index in [1.54, 1.807) is 0 Å². The lowest BCUT2D eigenvalue weighted by Crippen LogP contribution is -2.35. The molecule has 1 unspecified atom stereocenters. The molecule has 0 saturated carbocycles. The van der Waals surface area contributed by atoms with Crippen molar-refractivity contribution in [1.29, 1.82) is 0 Å². The minimum Gasteiger partial charge on any atom is -0.396 e. The Morgan fingerprint density at radius 2 is 2.21 bits per heavy atom. The summed E-state index contributed by atoms with van der Waals surface area (Å²) in [4.78, 5) is 13.3. The van der Waals surface area contributed by atoms with Gasteiger partial charge >= 0.3 is 0 Å². The Kier molecular flexibility index (Phi) is 4.52. The normalized spacial score (nSPS) is 15.5. The first-order valence-corrected chi connectivity index (χ1v) is 6.47. The lowest BCUT2D eigenvalue weighted by molar-refractivity contribution is -0.115.